The van der Waals surface area contributed by atoms with Crippen LogP contribution in [0, 0.1) is 0 Å². The molecule has 0 saturated heterocycles. The first kappa shape index (κ1) is 20.3. The second kappa shape index (κ2) is 8.73. The lowest BCUT2D eigenvalue weighted by molar-refractivity contribution is 0.103. The quantitative estimate of drug-likeness (QED) is 0.522. The molecule has 0 spiro atoms. The number of hydrogen-bond donors (Lipinski definition) is 0. The fourth-order valence-electron chi connectivity index (χ4n) is 3.28. The number of carbonyl (C=O) groups excluding carboxylic acids is 1. The molecule has 0 aliphatic rings. The molecule has 0 fully saturated rings. The lowest BCUT2D eigenvalue weighted by Crippen LogP contribution is -2.08. The highest BCUT2D eigenvalue weighted by molar-refractivity contribution is 6.18. The Kier molecular flexibility index (Phi) is 6.12. The lowest BCUT2D eigenvalue weighted by atomic mass is 9.95. The van der Waals surface area contributed by atoms with E-state index in [4.69, 9.17) is 23.7 Å². The monoisotopic (exact) mass is 396 g/mol. The van der Waals surface area contributed by atoms with Gasteiger partial charge in [-0.3, -0.25) is 4.79 Å². The van der Waals surface area contributed by atoms with E-state index in [0.717, 1.165) is 10.8 Å². The highest BCUT2D eigenvalue weighted by Gasteiger charge is 2.22. The molecule has 3 aromatic carbocycles. The molecule has 0 unspecified atom stereocenters. The SMILES string of the molecule is CCOc1ccc2cc(OC)ccc2c1C(=O)c1cc(OC)c(OC)c(OC)c1. The highest BCUT2D eigenvalue weighted by atomic mass is 16.5. The van der Waals surface area contributed by atoms with Crippen LogP contribution >= 0.6 is 0 Å². The summed E-state index contributed by atoms with van der Waals surface area (Å²) in [5.41, 5.74) is 0.880. The zero-order valence-electron chi connectivity index (χ0n) is 17.2. The standard InChI is InChI=1S/C23H24O6/c1-6-29-18-10-7-14-11-16(25-2)8-9-17(14)21(18)22(24)15-12-19(26-3)23(28-5)20(13-15)27-4/h7-13H,6H2,1-5H3. The minimum Gasteiger partial charge on any atom is -0.497 e. The number of benzene rings is 3. The van der Waals surface area contributed by atoms with Crippen molar-refractivity contribution in [2.24, 2.45) is 0 Å². The Morgan fingerprint density at radius 2 is 1.48 bits per heavy atom. The summed E-state index contributed by atoms with van der Waals surface area (Å²) in [6.45, 7) is 2.32. The van der Waals surface area contributed by atoms with E-state index in [1.165, 1.54) is 21.3 Å². The van der Waals surface area contributed by atoms with Gasteiger partial charge in [0, 0.05) is 5.56 Å². The molecule has 3 aromatic rings. The molecule has 0 radical (unpaired) electrons. The molecule has 0 atom stereocenters. The van der Waals surface area contributed by atoms with Gasteiger partial charge in [0.1, 0.15) is 11.5 Å². The maximum Gasteiger partial charge on any atom is 0.203 e. The van der Waals surface area contributed by atoms with Crippen molar-refractivity contribution in [1.29, 1.82) is 0 Å². The van der Waals surface area contributed by atoms with Crippen molar-refractivity contribution in [2.45, 2.75) is 6.92 Å². The van der Waals surface area contributed by atoms with Gasteiger partial charge in [0.25, 0.3) is 0 Å². The maximum absolute atomic E-state index is 13.6. The van der Waals surface area contributed by atoms with E-state index in [-0.39, 0.29) is 5.78 Å². The first-order valence-electron chi connectivity index (χ1n) is 9.16. The fraction of sp³-hybridized carbons (Fsp3) is 0.261. The van der Waals surface area contributed by atoms with Crippen LogP contribution in [-0.4, -0.2) is 40.8 Å². The molecule has 3 rings (SSSR count). The molecule has 0 bridgehead atoms. The Bertz CT molecular complexity index is 1020. The molecule has 0 aliphatic heterocycles. The third-order valence-corrected chi connectivity index (χ3v) is 4.64. The summed E-state index contributed by atoms with van der Waals surface area (Å²) in [5.74, 6) is 2.28. The number of ether oxygens (including phenoxy) is 5. The average Bonchev–Trinajstić information content (AvgIpc) is 2.77. The van der Waals surface area contributed by atoms with Gasteiger partial charge in [-0.25, -0.2) is 0 Å². The van der Waals surface area contributed by atoms with Crippen molar-refractivity contribution in [3.8, 4) is 28.7 Å². The van der Waals surface area contributed by atoms with Gasteiger partial charge in [-0.05, 0) is 54.1 Å². The van der Waals surface area contributed by atoms with Crippen LogP contribution in [-0.2, 0) is 0 Å². The smallest absolute Gasteiger partial charge is 0.203 e. The molecule has 0 heterocycles. The molecule has 0 aromatic heterocycles. The summed E-state index contributed by atoms with van der Waals surface area (Å²) in [5, 5.41) is 1.65. The van der Waals surface area contributed by atoms with Gasteiger partial charge < -0.3 is 23.7 Å². The van der Waals surface area contributed by atoms with E-state index in [1.54, 1.807) is 25.3 Å². The van der Waals surface area contributed by atoms with E-state index in [9.17, 15) is 4.79 Å². The molecule has 0 saturated carbocycles. The van der Waals surface area contributed by atoms with Crippen LogP contribution in [0.5, 0.6) is 28.7 Å². The van der Waals surface area contributed by atoms with Crippen molar-refractivity contribution in [3.63, 3.8) is 0 Å². The van der Waals surface area contributed by atoms with Crippen LogP contribution in [0.4, 0.5) is 0 Å². The zero-order chi connectivity index (χ0) is 21.0. The Morgan fingerprint density at radius 1 is 0.793 bits per heavy atom. The fourth-order valence-corrected chi connectivity index (χ4v) is 3.28. The van der Waals surface area contributed by atoms with Gasteiger partial charge >= 0.3 is 0 Å². The molecule has 0 N–H and O–H groups in total. The number of rotatable bonds is 8. The minimum absolute atomic E-state index is 0.205. The number of ketones is 1. The van der Waals surface area contributed by atoms with Crippen LogP contribution in [0.25, 0.3) is 10.8 Å². The summed E-state index contributed by atoms with van der Waals surface area (Å²) < 4.78 is 27.2. The van der Waals surface area contributed by atoms with Gasteiger partial charge in [-0.15, -0.1) is 0 Å². The second-order valence-electron chi connectivity index (χ2n) is 6.20. The molecule has 6 heteroatoms. The van der Waals surface area contributed by atoms with Gasteiger partial charge in [0.05, 0.1) is 40.6 Å². The summed E-state index contributed by atoms with van der Waals surface area (Å²) in [6.07, 6.45) is 0. The summed E-state index contributed by atoms with van der Waals surface area (Å²) >= 11 is 0. The largest absolute Gasteiger partial charge is 0.497 e. The first-order chi connectivity index (χ1) is 14.1. The highest BCUT2D eigenvalue weighted by Crippen LogP contribution is 2.40. The van der Waals surface area contributed by atoms with Crippen LogP contribution < -0.4 is 23.7 Å². The predicted molar refractivity (Wildman–Crippen MR) is 111 cm³/mol. The van der Waals surface area contributed by atoms with Gasteiger partial charge in [-0.2, -0.15) is 0 Å². The van der Waals surface area contributed by atoms with Crippen molar-refractivity contribution < 1.29 is 28.5 Å². The van der Waals surface area contributed by atoms with Gasteiger partial charge in [-0.1, -0.05) is 6.07 Å². The minimum atomic E-state index is -0.205. The molecule has 0 aliphatic carbocycles. The molecular formula is C23H24O6. The third kappa shape index (κ3) is 3.78. The lowest BCUT2D eigenvalue weighted by Gasteiger charge is -2.16. The summed E-state index contributed by atoms with van der Waals surface area (Å²) in [6, 6.07) is 12.6. The van der Waals surface area contributed by atoms with Gasteiger partial charge in [0.15, 0.2) is 17.3 Å². The van der Waals surface area contributed by atoms with Crippen LogP contribution in [0.2, 0.25) is 0 Å². The normalized spacial score (nSPS) is 10.5. The summed E-state index contributed by atoms with van der Waals surface area (Å²) in [4.78, 5) is 13.6. The number of carbonyl (C=O) groups is 1. The topological polar surface area (TPSA) is 63.2 Å². The molecule has 0 amide bonds. The number of methoxy groups -OCH3 is 4. The molecular weight excluding hydrogens is 372 g/mol. The van der Waals surface area contributed by atoms with Crippen LogP contribution in [0.1, 0.15) is 22.8 Å². The predicted octanol–water partition coefficient (Wildman–Crippen LogP) is 4.50. The third-order valence-electron chi connectivity index (χ3n) is 4.64. The van der Waals surface area contributed by atoms with Gasteiger partial charge in [0.2, 0.25) is 5.75 Å². The maximum atomic E-state index is 13.6. The first-order valence-corrected chi connectivity index (χ1v) is 9.16. The van der Waals surface area contributed by atoms with Crippen molar-refractivity contribution >= 4 is 16.6 Å². The number of fused-ring (bicyclic) bond motifs is 1. The van der Waals surface area contributed by atoms with E-state index in [2.05, 4.69) is 0 Å². The Labute approximate surface area is 169 Å². The van der Waals surface area contributed by atoms with E-state index in [1.807, 2.05) is 31.2 Å². The van der Waals surface area contributed by atoms with Crippen molar-refractivity contribution in [1.82, 2.24) is 0 Å². The average molecular weight is 396 g/mol. The van der Waals surface area contributed by atoms with E-state index >= 15 is 0 Å². The van der Waals surface area contributed by atoms with Crippen molar-refractivity contribution in [2.75, 3.05) is 35.0 Å². The molecule has 29 heavy (non-hydrogen) atoms. The van der Waals surface area contributed by atoms with E-state index < -0.39 is 0 Å². The molecule has 152 valence electrons. The van der Waals surface area contributed by atoms with Crippen LogP contribution in [0.15, 0.2) is 42.5 Å². The number of hydrogen-bond acceptors (Lipinski definition) is 6. The Hall–Kier alpha value is -3.41. The Morgan fingerprint density at radius 3 is 2.03 bits per heavy atom. The second-order valence-corrected chi connectivity index (χ2v) is 6.20. The van der Waals surface area contributed by atoms with E-state index in [0.29, 0.717) is 46.5 Å². The Balaban J connectivity index is 2.23. The van der Waals surface area contributed by atoms with Crippen molar-refractivity contribution in [3.05, 3.63) is 53.6 Å². The molecule has 6 nitrogen and oxygen atoms in total. The van der Waals surface area contributed by atoms with Crippen LogP contribution in [0.3, 0.4) is 0 Å². The summed E-state index contributed by atoms with van der Waals surface area (Å²) in [7, 11) is 6.16. The zero-order valence-corrected chi connectivity index (χ0v) is 17.2.